The Morgan fingerprint density at radius 2 is 1.79 bits per heavy atom. The number of aryl methyl sites for hydroxylation is 1. The molecule has 2 N–H and O–H groups in total. The summed E-state index contributed by atoms with van der Waals surface area (Å²) < 4.78 is 18.5. The average Bonchev–Trinajstić information content (AvgIpc) is 2.38. The maximum Gasteiger partial charge on any atom is 0.488 e. The fraction of sp³-hybridized carbons (Fsp3) is 0.143. The van der Waals surface area contributed by atoms with Gasteiger partial charge in [-0.05, 0) is 47.8 Å². The third-order valence-corrected chi connectivity index (χ3v) is 2.88. The summed E-state index contributed by atoms with van der Waals surface area (Å²) in [6.45, 7) is 2.17. The quantitative estimate of drug-likeness (QED) is 0.817. The Balaban J connectivity index is 2.02. The van der Waals surface area contributed by atoms with Gasteiger partial charge in [-0.1, -0.05) is 18.2 Å². The highest BCUT2D eigenvalue weighted by atomic mass is 19.1. The molecule has 0 unspecified atom stereocenters. The predicted molar refractivity (Wildman–Crippen MR) is 71.7 cm³/mol. The van der Waals surface area contributed by atoms with Crippen molar-refractivity contribution >= 4 is 12.6 Å². The van der Waals surface area contributed by atoms with Gasteiger partial charge in [-0.2, -0.15) is 0 Å². The second-order valence-electron chi connectivity index (χ2n) is 4.30. The van der Waals surface area contributed by atoms with Gasteiger partial charge in [-0.3, -0.25) is 0 Å². The first-order valence-corrected chi connectivity index (χ1v) is 5.90. The van der Waals surface area contributed by atoms with Gasteiger partial charge >= 0.3 is 7.12 Å². The normalized spacial score (nSPS) is 10.3. The van der Waals surface area contributed by atoms with Crippen LogP contribution in [-0.2, 0) is 6.61 Å². The molecule has 0 heterocycles. The van der Waals surface area contributed by atoms with Crippen LogP contribution in [0.3, 0.4) is 0 Å². The van der Waals surface area contributed by atoms with Crippen LogP contribution in [0.25, 0.3) is 0 Å². The van der Waals surface area contributed by atoms with Crippen molar-refractivity contribution in [1.29, 1.82) is 0 Å². The van der Waals surface area contributed by atoms with E-state index in [4.69, 9.17) is 14.8 Å². The Kier molecular flexibility index (Phi) is 4.19. The third kappa shape index (κ3) is 3.56. The number of ether oxygens (including phenoxy) is 1. The highest BCUT2D eigenvalue weighted by Crippen LogP contribution is 2.14. The molecule has 0 aliphatic heterocycles. The topological polar surface area (TPSA) is 49.7 Å². The fourth-order valence-electron chi connectivity index (χ4n) is 1.72. The maximum absolute atomic E-state index is 12.9. The lowest BCUT2D eigenvalue weighted by Crippen LogP contribution is -2.29. The van der Waals surface area contributed by atoms with E-state index in [1.165, 1.54) is 12.1 Å². The van der Waals surface area contributed by atoms with E-state index < -0.39 is 7.12 Å². The van der Waals surface area contributed by atoms with Gasteiger partial charge in [0.05, 0.1) is 0 Å². The van der Waals surface area contributed by atoms with E-state index in [0.29, 0.717) is 17.8 Å². The van der Waals surface area contributed by atoms with Crippen LogP contribution in [0.4, 0.5) is 4.39 Å². The van der Waals surface area contributed by atoms with Crippen LogP contribution in [0.15, 0.2) is 42.5 Å². The van der Waals surface area contributed by atoms with Crippen molar-refractivity contribution < 1.29 is 19.2 Å². The molecule has 5 heteroatoms. The van der Waals surface area contributed by atoms with Crippen LogP contribution in [0.5, 0.6) is 5.75 Å². The van der Waals surface area contributed by atoms with Crippen molar-refractivity contribution in [2.75, 3.05) is 0 Å². The molecule has 0 atom stereocenters. The molecule has 2 aromatic carbocycles. The lowest BCUT2D eigenvalue weighted by molar-refractivity contribution is 0.305. The molecule has 19 heavy (non-hydrogen) atoms. The molecule has 0 amide bonds. The molecular weight excluding hydrogens is 246 g/mol. The van der Waals surface area contributed by atoms with Gasteiger partial charge in [-0.15, -0.1) is 0 Å². The lowest BCUT2D eigenvalue weighted by atomic mass is 9.80. The lowest BCUT2D eigenvalue weighted by Gasteiger charge is -2.09. The second kappa shape index (κ2) is 5.86. The molecule has 98 valence electrons. The summed E-state index contributed by atoms with van der Waals surface area (Å²) in [6, 6.07) is 11.0. The molecule has 0 bridgehead atoms. The van der Waals surface area contributed by atoms with Crippen molar-refractivity contribution in [2.45, 2.75) is 13.5 Å². The highest BCUT2D eigenvalue weighted by molar-refractivity contribution is 6.58. The Bertz CT molecular complexity index is 555. The van der Waals surface area contributed by atoms with Crippen molar-refractivity contribution in [2.24, 2.45) is 0 Å². The van der Waals surface area contributed by atoms with Gasteiger partial charge in [0, 0.05) is 0 Å². The monoisotopic (exact) mass is 260 g/mol. The van der Waals surface area contributed by atoms with Gasteiger partial charge in [0.15, 0.2) is 0 Å². The first-order valence-electron chi connectivity index (χ1n) is 5.90. The van der Waals surface area contributed by atoms with Crippen LogP contribution < -0.4 is 10.2 Å². The minimum Gasteiger partial charge on any atom is -0.489 e. The number of rotatable bonds is 4. The first kappa shape index (κ1) is 13.6. The van der Waals surface area contributed by atoms with E-state index in [1.54, 1.807) is 30.3 Å². The molecule has 2 rings (SSSR count). The molecule has 0 aromatic heterocycles. The molecule has 0 spiro atoms. The Labute approximate surface area is 111 Å². The van der Waals surface area contributed by atoms with Crippen molar-refractivity contribution in [3.8, 4) is 5.75 Å². The van der Waals surface area contributed by atoms with Crippen LogP contribution in [0.1, 0.15) is 11.1 Å². The summed E-state index contributed by atoms with van der Waals surface area (Å²) in [5.41, 5.74) is 2.15. The van der Waals surface area contributed by atoms with Crippen molar-refractivity contribution in [3.63, 3.8) is 0 Å². The molecule has 0 saturated carbocycles. The van der Waals surface area contributed by atoms with Gasteiger partial charge in [-0.25, -0.2) is 4.39 Å². The number of halogens is 1. The van der Waals surface area contributed by atoms with E-state index >= 15 is 0 Å². The van der Waals surface area contributed by atoms with E-state index in [9.17, 15) is 4.39 Å². The molecular formula is C14H14BFO3. The Morgan fingerprint density at radius 1 is 1.11 bits per heavy atom. The average molecular weight is 260 g/mol. The van der Waals surface area contributed by atoms with Crippen LogP contribution in [-0.4, -0.2) is 17.2 Å². The maximum atomic E-state index is 12.9. The summed E-state index contributed by atoms with van der Waals surface area (Å²) >= 11 is 0. The van der Waals surface area contributed by atoms with Gasteiger partial charge in [0.2, 0.25) is 0 Å². The molecule has 2 aromatic rings. The van der Waals surface area contributed by atoms with E-state index in [-0.39, 0.29) is 5.82 Å². The summed E-state index contributed by atoms with van der Waals surface area (Å²) in [5.74, 6) is 0.357. The van der Waals surface area contributed by atoms with E-state index in [0.717, 1.165) is 11.1 Å². The first-order chi connectivity index (χ1) is 9.06. The van der Waals surface area contributed by atoms with Crippen LogP contribution in [0.2, 0.25) is 0 Å². The van der Waals surface area contributed by atoms with E-state index in [2.05, 4.69) is 0 Å². The predicted octanol–water partition coefficient (Wildman–Crippen LogP) is 1.39. The van der Waals surface area contributed by atoms with Crippen molar-refractivity contribution in [1.82, 2.24) is 0 Å². The zero-order valence-corrected chi connectivity index (χ0v) is 10.5. The largest absolute Gasteiger partial charge is 0.489 e. The molecule has 0 radical (unpaired) electrons. The van der Waals surface area contributed by atoms with E-state index in [1.807, 2.05) is 6.92 Å². The minimum absolute atomic E-state index is 0.262. The number of hydrogen-bond acceptors (Lipinski definition) is 3. The SMILES string of the molecule is Cc1cc(F)ccc1COc1ccc(B(O)O)cc1. The summed E-state index contributed by atoms with van der Waals surface area (Å²) in [5, 5.41) is 17.9. The summed E-state index contributed by atoms with van der Waals surface area (Å²) in [6.07, 6.45) is 0. The smallest absolute Gasteiger partial charge is 0.488 e. The number of hydrogen-bond donors (Lipinski definition) is 2. The molecule has 0 aliphatic rings. The second-order valence-corrected chi connectivity index (χ2v) is 4.30. The minimum atomic E-state index is -1.48. The van der Waals surface area contributed by atoms with Crippen LogP contribution >= 0.6 is 0 Å². The highest BCUT2D eigenvalue weighted by Gasteiger charge is 2.10. The summed E-state index contributed by atoms with van der Waals surface area (Å²) in [7, 11) is -1.48. The van der Waals surface area contributed by atoms with Gasteiger partial charge in [0.25, 0.3) is 0 Å². The van der Waals surface area contributed by atoms with Gasteiger partial charge in [0.1, 0.15) is 18.2 Å². The fourth-order valence-corrected chi connectivity index (χ4v) is 1.72. The number of benzene rings is 2. The Morgan fingerprint density at radius 3 is 2.37 bits per heavy atom. The molecule has 0 fully saturated rings. The molecule has 0 saturated heterocycles. The zero-order valence-electron chi connectivity index (χ0n) is 10.5. The molecule has 3 nitrogen and oxygen atoms in total. The van der Waals surface area contributed by atoms with Crippen LogP contribution in [0, 0.1) is 12.7 Å². The Hall–Kier alpha value is -1.85. The summed E-state index contributed by atoms with van der Waals surface area (Å²) in [4.78, 5) is 0. The standard InChI is InChI=1S/C14H14BFO3/c1-10-8-13(16)5-2-11(10)9-19-14-6-3-12(4-7-14)15(17)18/h2-8,17-18H,9H2,1H3. The third-order valence-electron chi connectivity index (χ3n) is 2.88. The zero-order chi connectivity index (χ0) is 13.8. The van der Waals surface area contributed by atoms with Gasteiger partial charge < -0.3 is 14.8 Å². The van der Waals surface area contributed by atoms with Crippen molar-refractivity contribution in [3.05, 3.63) is 59.4 Å². The molecule has 0 aliphatic carbocycles.